The highest BCUT2D eigenvalue weighted by molar-refractivity contribution is 14.0. The predicted octanol–water partition coefficient (Wildman–Crippen LogP) is 3.19. The molecular formula is C24H34IN5O2. The van der Waals surface area contributed by atoms with Crippen LogP contribution in [0.1, 0.15) is 29.5 Å². The van der Waals surface area contributed by atoms with Crippen molar-refractivity contribution < 1.29 is 9.47 Å². The Morgan fingerprint density at radius 1 is 1.12 bits per heavy atom. The summed E-state index contributed by atoms with van der Waals surface area (Å²) in [5.74, 6) is 2.20. The maximum atomic E-state index is 5.79. The van der Waals surface area contributed by atoms with Gasteiger partial charge in [-0.25, -0.2) is 4.98 Å². The van der Waals surface area contributed by atoms with E-state index in [4.69, 9.17) is 9.47 Å². The second kappa shape index (κ2) is 13.0. The van der Waals surface area contributed by atoms with Crippen LogP contribution in [-0.2, 0) is 24.4 Å². The van der Waals surface area contributed by atoms with Crippen molar-refractivity contribution in [2.75, 3.05) is 40.0 Å². The van der Waals surface area contributed by atoms with Gasteiger partial charge in [0, 0.05) is 52.0 Å². The summed E-state index contributed by atoms with van der Waals surface area (Å²) < 4.78 is 11.3. The molecule has 174 valence electrons. The van der Waals surface area contributed by atoms with E-state index in [0.717, 1.165) is 63.4 Å². The molecule has 2 aliphatic rings. The van der Waals surface area contributed by atoms with Crippen molar-refractivity contribution in [2.24, 2.45) is 10.9 Å². The predicted molar refractivity (Wildman–Crippen MR) is 137 cm³/mol. The Morgan fingerprint density at radius 2 is 1.88 bits per heavy atom. The van der Waals surface area contributed by atoms with Gasteiger partial charge in [-0.3, -0.25) is 9.89 Å². The molecule has 0 bridgehead atoms. The first-order chi connectivity index (χ1) is 15.3. The summed E-state index contributed by atoms with van der Waals surface area (Å²) in [6.07, 6.45) is 4.36. The lowest BCUT2D eigenvalue weighted by molar-refractivity contribution is 0.0341. The summed E-state index contributed by atoms with van der Waals surface area (Å²) in [6.45, 7) is 6.74. The zero-order valence-electron chi connectivity index (χ0n) is 18.8. The van der Waals surface area contributed by atoms with E-state index in [2.05, 4.69) is 49.8 Å². The highest BCUT2D eigenvalue weighted by Gasteiger charge is 2.22. The van der Waals surface area contributed by atoms with E-state index in [9.17, 15) is 0 Å². The molecular weight excluding hydrogens is 517 g/mol. The van der Waals surface area contributed by atoms with Crippen LogP contribution in [0.5, 0.6) is 5.88 Å². The molecule has 1 aromatic carbocycles. The van der Waals surface area contributed by atoms with Crippen LogP contribution in [0.25, 0.3) is 0 Å². The number of hydrogen-bond donors (Lipinski definition) is 2. The number of halogens is 1. The van der Waals surface area contributed by atoms with Crippen LogP contribution in [0.3, 0.4) is 0 Å². The molecule has 1 aromatic heterocycles. The van der Waals surface area contributed by atoms with Crippen molar-refractivity contribution in [3.63, 3.8) is 0 Å². The number of rotatable bonds is 9. The summed E-state index contributed by atoms with van der Waals surface area (Å²) >= 11 is 0. The maximum Gasteiger partial charge on any atom is 0.213 e. The summed E-state index contributed by atoms with van der Waals surface area (Å²) in [5.41, 5.74) is 3.76. The van der Waals surface area contributed by atoms with Crippen molar-refractivity contribution >= 4 is 29.9 Å². The number of nitrogens with one attached hydrogen (secondary N) is 2. The number of guanidine groups is 1. The van der Waals surface area contributed by atoms with Gasteiger partial charge in [0.05, 0.1) is 19.8 Å². The maximum absolute atomic E-state index is 5.79. The summed E-state index contributed by atoms with van der Waals surface area (Å²) in [4.78, 5) is 11.1. The normalized spacial score (nSPS) is 16.8. The van der Waals surface area contributed by atoms with Gasteiger partial charge in [-0.15, -0.1) is 24.0 Å². The van der Waals surface area contributed by atoms with E-state index >= 15 is 0 Å². The van der Waals surface area contributed by atoms with E-state index in [1.54, 1.807) is 13.2 Å². The molecule has 32 heavy (non-hydrogen) atoms. The van der Waals surface area contributed by atoms with Crippen LogP contribution in [0.4, 0.5) is 0 Å². The number of pyridine rings is 1. The average molecular weight is 551 g/mol. The van der Waals surface area contributed by atoms with Gasteiger partial charge >= 0.3 is 0 Å². The van der Waals surface area contributed by atoms with E-state index in [-0.39, 0.29) is 24.0 Å². The molecule has 2 aromatic rings. The molecule has 1 aliphatic heterocycles. The minimum atomic E-state index is 0. The highest BCUT2D eigenvalue weighted by atomic mass is 127. The molecule has 0 atom stereocenters. The zero-order chi connectivity index (χ0) is 21.3. The van der Waals surface area contributed by atoms with E-state index in [0.29, 0.717) is 12.4 Å². The minimum Gasteiger partial charge on any atom is -0.477 e. The van der Waals surface area contributed by atoms with Crippen LogP contribution in [0.2, 0.25) is 0 Å². The summed E-state index contributed by atoms with van der Waals surface area (Å²) in [6, 6.07) is 12.6. The van der Waals surface area contributed by atoms with Gasteiger partial charge in [-0.1, -0.05) is 24.3 Å². The van der Waals surface area contributed by atoms with Crippen LogP contribution >= 0.6 is 24.0 Å². The number of nitrogens with zero attached hydrogens (tertiary/aromatic N) is 3. The van der Waals surface area contributed by atoms with Gasteiger partial charge in [0.25, 0.3) is 0 Å². The Bertz CT molecular complexity index is 869. The lowest BCUT2D eigenvalue weighted by Crippen LogP contribution is -2.37. The zero-order valence-corrected chi connectivity index (χ0v) is 21.1. The SMILES string of the molecule is CN=C(NCc1ccnc(OCC2CC2)c1)NCc1ccccc1CN1CCOCC1.I. The van der Waals surface area contributed by atoms with E-state index in [1.807, 2.05) is 12.1 Å². The monoisotopic (exact) mass is 551 g/mol. The molecule has 0 radical (unpaired) electrons. The van der Waals surface area contributed by atoms with Crippen molar-refractivity contribution in [2.45, 2.75) is 32.5 Å². The summed E-state index contributed by atoms with van der Waals surface area (Å²) in [5, 5.41) is 6.84. The van der Waals surface area contributed by atoms with Crippen molar-refractivity contribution in [3.8, 4) is 5.88 Å². The van der Waals surface area contributed by atoms with Crippen LogP contribution in [0.15, 0.2) is 47.6 Å². The molecule has 2 fully saturated rings. The van der Waals surface area contributed by atoms with Crippen molar-refractivity contribution in [3.05, 3.63) is 59.3 Å². The molecule has 0 spiro atoms. The molecule has 1 saturated heterocycles. The quantitative estimate of drug-likeness (QED) is 0.284. The third kappa shape index (κ3) is 7.90. The second-order valence-corrected chi connectivity index (χ2v) is 8.19. The fourth-order valence-corrected chi connectivity index (χ4v) is 3.60. The third-order valence-electron chi connectivity index (χ3n) is 5.71. The molecule has 2 heterocycles. The van der Waals surface area contributed by atoms with Crippen LogP contribution in [0, 0.1) is 5.92 Å². The van der Waals surface area contributed by atoms with Crippen LogP contribution in [-0.4, -0.2) is 55.8 Å². The number of morpholine rings is 1. The Balaban J connectivity index is 0.00000289. The number of ether oxygens (including phenoxy) is 2. The lowest BCUT2D eigenvalue weighted by Gasteiger charge is -2.27. The average Bonchev–Trinajstić information content (AvgIpc) is 3.64. The Labute approximate surface area is 208 Å². The molecule has 1 aliphatic carbocycles. The third-order valence-corrected chi connectivity index (χ3v) is 5.71. The molecule has 4 rings (SSSR count). The molecule has 2 N–H and O–H groups in total. The van der Waals surface area contributed by atoms with Gasteiger partial charge < -0.3 is 20.1 Å². The number of hydrogen-bond acceptors (Lipinski definition) is 5. The number of benzene rings is 1. The minimum absolute atomic E-state index is 0. The van der Waals surface area contributed by atoms with Gasteiger partial charge in [-0.2, -0.15) is 0 Å². The smallest absolute Gasteiger partial charge is 0.213 e. The largest absolute Gasteiger partial charge is 0.477 e. The highest BCUT2D eigenvalue weighted by Crippen LogP contribution is 2.29. The van der Waals surface area contributed by atoms with Gasteiger partial charge in [-0.05, 0) is 41.5 Å². The van der Waals surface area contributed by atoms with Crippen molar-refractivity contribution in [1.29, 1.82) is 0 Å². The Morgan fingerprint density at radius 3 is 2.62 bits per heavy atom. The second-order valence-electron chi connectivity index (χ2n) is 8.19. The first-order valence-electron chi connectivity index (χ1n) is 11.2. The standard InChI is InChI=1S/C24H33N5O2.HI/c1-25-24(27-15-20-8-9-26-23(14-20)31-18-19-6-7-19)28-16-21-4-2-3-5-22(21)17-29-10-12-30-13-11-29;/h2-5,8-9,14,19H,6-7,10-13,15-18H2,1H3,(H2,25,27,28);1H. The first-order valence-corrected chi connectivity index (χ1v) is 11.2. The number of aromatic nitrogens is 1. The van der Waals surface area contributed by atoms with Crippen molar-refractivity contribution in [1.82, 2.24) is 20.5 Å². The lowest BCUT2D eigenvalue weighted by atomic mass is 10.1. The first kappa shape index (κ1) is 24.7. The number of aliphatic imine (C=N–C) groups is 1. The van der Waals surface area contributed by atoms with E-state index in [1.165, 1.54) is 24.0 Å². The van der Waals surface area contributed by atoms with Gasteiger partial charge in [0.1, 0.15) is 0 Å². The van der Waals surface area contributed by atoms with Gasteiger partial charge in [0.15, 0.2) is 5.96 Å². The topological polar surface area (TPSA) is 71.0 Å². The molecule has 8 heteroatoms. The Hall–Kier alpha value is -1.91. The molecule has 0 amide bonds. The van der Waals surface area contributed by atoms with Crippen LogP contribution < -0.4 is 15.4 Å². The molecule has 7 nitrogen and oxygen atoms in total. The van der Waals surface area contributed by atoms with Gasteiger partial charge in [0.2, 0.25) is 5.88 Å². The Kier molecular flexibility index (Phi) is 10.0. The summed E-state index contributed by atoms with van der Waals surface area (Å²) in [7, 11) is 1.80. The van der Waals surface area contributed by atoms with E-state index < -0.39 is 0 Å². The fourth-order valence-electron chi connectivity index (χ4n) is 3.60. The molecule has 0 unspecified atom stereocenters. The fraction of sp³-hybridized carbons (Fsp3) is 0.500. The molecule has 1 saturated carbocycles.